The van der Waals surface area contributed by atoms with Gasteiger partial charge >= 0.3 is 6.18 Å². The predicted octanol–water partition coefficient (Wildman–Crippen LogP) is 2.37. The highest BCUT2D eigenvalue weighted by atomic mass is 19.4. The normalized spacial score (nSPS) is 16.9. The summed E-state index contributed by atoms with van der Waals surface area (Å²) in [6.07, 6.45) is -1.87. The number of carbonyl (C=O) groups is 1. The Morgan fingerprint density at radius 1 is 1.35 bits per heavy atom. The molecule has 1 fully saturated rings. The molecule has 1 aromatic carbocycles. The highest BCUT2D eigenvalue weighted by Gasteiger charge is 2.58. The van der Waals surface area contributed by atoms with Gasteiger partial charge in [0.1, 0.15) is 12.4 Å². The number of hydrogen-bond donors (Lipinski definition) is 2. The number of hydrogen-bond acceptors (Lipinski definition) is 6. The number of rotatable bonds is 10. The second kappa shape index (κ2) is 11.2. The quantitative estimate of drug-likeness (QED) is 0.538. The number of halogens is 3. The summed E-state index contributed by atoms with van der Waals surface area (Å²) in [5.41, 5.74) is -2.73. The molecule has 1 atom stereocenters. The minimum atomic E-state index is -5.07. The van der Waals surface area contributed by atoms with Crippen molar-refractivity contribution in [3.8, 4) is 5.75 Å². The van der Waals surface area contributed by atoms with Crippen molar-refractivity contribution in [3.05, 3.63) is 48.0 Å². The van der Waals surface area contributed by atoms with Gasteiger partial charge in [-0.2, -0.15) is 13.2 Å². The highest BCUT2D eigenvalue weighted by Crippen LogP contribution is 2.40. The minimum Gasteiger partial charge on any atom is -0.492 e. The third-order valence-corrected chi connectivity index (χ3v) is 5.99. The largest absolute Gasteiger partial charge is 0.492 e. The number of ether oxygens (including phenoxy) is 2. The van der Waals surface area contributed by atoms with E-state index >= 15 is 0 Å². The summed E-state index contributed by atoms with van der Waals surface area (Å²) in [7, 11) is 3.38. The number of nitrogens with zero attached hydrogens (tertiary/aromatic N) is 3. The molecule has 0 radical (unpaired) electrons. The summed E-state index contributed by atoms with van der Waals surface area (Å²) >= 11 is 0. The molecule has 0 spiro atoms. The van der Waals surface area contributed by atoms with Gasteiger partial charge in [0.25, 0.3) is 0 Å². The number of alkyl halides is 3. The molecule has 0 aliphatic carbocycles. The Labute approximate surface area is 196 Å². The van der Waals surface area contributed by atoms with Crippen molar-refractivity contribution in [3.63, 3.8) is 0 Å². The van der Waals surface area contributed by atoms with E-state index in [-0.39, 0.29) is 6.54 Å². The molecule has 2 aromatic rings. The lowest BCUT2D eigenvalue weighted by Crippen LogP contribution is -2.47. The van der Waals surface area contributed by atoms with Gasteiger partial charge in [-0.3, -0.25) is 9.69 Å². The molecule has 1 aliphatic rings. The first-order chi connectivity index (χ1) is 16.1. The van der Waals surface area contributed by atoms with E-state index in [9.17, 15) is 23.1 Å². The first-order valence-corrected chi connectivity index (χ1v) is 11.1. The van der Waals surface area contributed by atoms with Gasteiger partial charge in [0.2, 0.25) is 11.5 Å². The molecule has 8 nitrogen and oxygen atoms in total. The zero-order valence-electron chi connectivity index (χ0n) is 19.3. The van der Waals surface area contributed by atoms with E-state index in [1.807, 2.05) is 0 Å². The van der Waals surface area contributed by atoms with Gasteiger partial charge in [0.15, 0.2) is 5.82 Å². The van der Waals surface area contributed by atoms with Crippen LogP contribution in [0.5, 0.6) is 5.75 Å². The van der Waals surface area contributed by atoms with E-state index in [0.29, 0.717) is 24.0 Å². The van der Waals surface area contributed by atoms with Crippen molar-refractivity contribution < 1.29 is 32.5 Å². The van der Waals surface area contributed by atoms with E-state index in [1.54, 1.807) is 24.3 Å². The lowest BCUT2D eigenvalue weighted by Gasteiger charge is -2.31. The van der Waals surface area contributed by atoms with Crippen LogP contribution in [0.25, 0.3) is 0 Å². The molecule has 188 valence electrons. The summed E-state index contributed by atoms with van der Waals surface area (Å²) in [6.45, 7) is 2.75. The van der Waals surface area contributed by atoms with Crippen molar-refractivity contribution in [2.24, 2.45) is 7.05 Å². The summed E-state index contributed by atoms with van der Waals surface area (Å²) < 4.78 is 53.1. The molecule has 34 heavy (non-hydrogen) atoms. The Morgan fingerprint density at radius 2 is 2.09 bits per heavy atom. The number of likely N-dealkylation sites (N-methyl/N-ethyl adjacent to an activating group) is 1. The average molecular weight is 485 g/mol. The Bertz CT molecular complexity index is 946. The van der Waals surface area contributed by atoms with Gasteiger partial charge < -0.3 is 24.5 Å². The van der Waals surface area contributed by atoms with E-state index < -0.39 is 29.9 Å². The maximum Gasteiger partial charge on any atom is 0.425 e. The Hall–Kier alpha value is -2.63. The maximum atomic E-state index is 13.6. The zero-order valence-corrected chi connectivity index (χ0v) is 19.3. The van der Waals surface area contributed by atoms with Crippen molar-refractivity contribution in [1.29, 1.82) is 0 Å². The van der Waals surface area contributed by atoms with Gasteiger partial charge in [-0.05, 0) is 37.6 Å². The molecule has 1 amide bonds. The molecule has 1 saturated heterocycles. The van der Waals surface area contributed by atoms with Gasteiger partial charge in [-0.25, -0.2) is 4.98 Å². The van der Waals surface area contributed by atoms with Crippen LogP contribution in [0.2, 0.25) is 0 Å². The van der Waals surface area contributed by atoms with Crippen LogP contribution in [0.3, 0.4) is 0 Å². The third kappa shape index (κ3) is 6.49. The van der Waals surface area contributed by atoms with Gasteiger partial charge in [0, 0.05) is 51.8 Å². The van der Waals surface area contributed by atoms with Crippen LogP contribution >= 0.6 is 0 Å². The van der Waals surface area contributed by atoms with E-state index in [2.05, 4.69) is 22.2 Å². The van der Waals surface area contributed by atoms with Crippen LogP contribution in [0.15, 0.2) is 36.7 Å². The summed E-state index contributed by atoms with van der Waals surface area (Å²) in [5, 5.41) is 12.8. The van der Waals surface area contributed by atoms with Gasteiger partial charge in [-0.1, -0.05) is 12.1 Å². The fourth-order valence-electron chi connectivity index (χ4n) is 3.93. The molecule has 1 aromatic heterocycles. The second-order valence-corrected chi connectivity index (χ2v) is 8.49. The number of benzene rings is 1. The lowest BCUT2D eigenvalue weighted by atomic mass is 9.97. The van der Waals surface area contributed by atoms with Crippen LogP contribution in [-0.2, 0) is 28.7 Å². The molecular weight excluding hydrogens is 453 g/mol. The molecular formula is C23H31F3N4O4. The highest BCUT2D eigenvalue weighted by molar-refractivity contribution is 5.77. The topological polar surface area (TPSA) is 88.9 Å². The lowest BCUT2D eigenvalue weighted by molar-refractivity contribution is -0.271. The fourth-order valence-corrected chi connectivity index (χ4v) is 3.93. The van der Waals surface area contributed by atoms with Crippen LogP contribution in [0, 0.1) is 0 Å². The van der Waals surface area contributed by atoms with Crippen LogP contribution in [-0.4, -0.2) is 71.1 Å². The van der Waals surface area contributed by atoms with Crippen LogP contribution in [0.1, 0.15) is 30.7 Å². The van der Waals surface area contributed by atoms with Gasteiger partial charge in [-0.15, -0.1) is 0 Å². The molecule has 3 rings (SSSR count). The Kier molecular flexibility index (Phi) is 8.56. The average Bonchev–Trinajstić information content (AvgIpc) is 3.24. The monoisotopic (exact) mass is 484 g/mol. The van der Waals surface area contributed by atoms with E-state index in [0.717, 1.165) is 43.4 Å². The van der Waals surface area contributed by atoms with Crippen molar-refractivity contribution >= 4 is 5.91 Å². The Morgan fingerprint density at radius 3 is 2.74 bits per heavy atom. The smallest absolute Gasteiger partial charge is 0.425 e. The molecule has 2 heterocycles. The Balaban J connectivity index is 1.51. The van der Waals surface area contributed by atoms with Crippen molar-refractivity contribution in [2.75, 3.05) is 33.4 Å². The molecule has 1 aliphatic heterocycles. The summed E-state index contributed by atoms with van der Waals surface area (Å²) in [5.74, 6) is -0.990. The summed E-state index contributed by atoms with van der Waals surface area (Å²) in [6, 6.07) is 7.46. The van der Waals surface area contributed by atoms with Crippen molar-refractivity contribution in [2.45, 2.75) is 43.6 Å². The standard InChI is InChI=1S/C23H31F3N4O4/c1-29(18-6-11-33-12-7-18)10-13-34-19-5-3-4-17(14-19)16-28-20(31)15-22(32,23(24,25)26)21-27-8-9-30(21)2/h3-5,8-9,14,18,32H,6-7,10-13,15-16H2,1-2H3,(H,28,31). The number of carbonyl (C=O) groups excluding carboxylic acids is 1. The number of aromatic nitrogens is 2. The third-order valence-electron chi connectivity index (χ3n) is 5.99. The minimum absolute atomic E-state index is 0.00743. The second-order valence-electron chi connectivity index (χ2n) is 8.49. The number of aliphatic hydroxyl groups is 1. The fraction of sp³-hybridized carbons (Fsp3) is 0.565. The molecule has 11 heteroatoms. The first kappa shape index (κ1) is 26.0. The van der Waals surface area contributed by atoms with Crippen LogP contribution < -0.4 is 10.1 Å². The predicted molar refractivity (Wildman–Crippen MR) is 118 cm³/mol. The number of amides is 1. The molecule has 0 saturated carbocycles. The number of imidazole rings is 1. The zero-order chi connectivity index (χ0) is 24.8. The van der Waals surface area contributed by atoms with E-state index in [4.69, 9.17) is 9.47 Å². The summed E-state index contributed by atoms with van der Waals surface area (Å²) in [4.78, 5) is 18.2. The number of nitrogens with one attached hydrogen (secondary N) is 1. The van der Waals surface area contributed by atoms with Gasteiger partial charge in [0.05, 0.1) is 6.42 Å². The van der Waals surface area contributed by atoms with Crippen LogP contribution in [0.4, 0.5) is 13.2 Å². The van der Waals surface area contributed by atoms with Crippen molar-refractivity contribution in [1.82, 2.24) is 19.8 Å². The molecule has 1 unspecified atom stereocenters. The molecule has 0 bridgehead atoms. The maximum absolute atomic E-state index is 13.6. The SMILES string of the molecule is CN(CCOc1cccc(CNC(=O)CC(O)(c2nccn2C)C(F)(F)F)c1)C1CCOCC1. The molecule has 2 N–H and O–H groups in total. The van der Waals surface area contributed by atoms with E-state index in [1.165, 1.54) is 13.2 Å². The first-order valence-electron chi connectivity index (χ1n) is 11.1. The number of aryl methyl sites for hydroxylation is 1.